The number of carbonyl (C=O) groups is 1. The lowest BCUT2D eigenvalue weighted by atomic mass is 10.2. The van der Waals surface area contributed by atoms with Gasteiger partial charge in [0, 0.05) is 6.42 Å². The molecule has 6 atom stereocenters. The molecule has 1 amide bonds. The molecule has 3 heterocycles. The SMILES string of the molecule is NC1=NC(=O)C2N=CN(C3CC(O)C(COP(=O)(O)OP(=O)(O)OP(=O)(O)O)O3)C2=N1. The molecule has 0 saturated carbocycles. The molecule has 0 bridgehead atoms. The zero-order chi connectivity index (χ0) is 23.2. The molecule has 1 fully saturated rings. The fourth-order valence-corrected chi connectivity index (χ4v) is 5.77. The van der Waals surface area contributed by atoms with E-state index in [2.05, 4.69) is 28.1 Å². The summed E-state index contributed by atoms with van der Waals surface area (Å²) in [5, 5.41) is 10.1. The highest BCUT2D eigenvalue weighted by molar-refractivity contribution is 7.66. The minimum atomic E-state index is -5.67. The lowest BCUT2D eigenvalue weighted by molar-refractivity contribution is -0.117. The van der Waals surface area contributed by atoms with E-state index in [-0.39, 0.29) is 18.2 Å². The molecule has 0 aromatic rings. The summed E-state index contributed by atoms with van der Waals surface area (Å²) in [6.07, 6.45) is -2.33. The van der Waals surface area contributed by atoms with E-state index in [9.17, 15) is 28.5 Å². The number of amidine groups is 1. The van der Waals surface area contributed by atoms with E-state index in [1.165, 1.54) is 11.2 Å². The van der Waals surface area contributed by atoms with Crippen molar-refractivity contribution >= 4 is 47.5 Å². The number of aliphatic imine (C=N–C) groups is 3. The molecule has 0 radical (unpaired) electrons. The van der Waals surface area contributed by atoms with Crippen molar-refractivity contribution in [2.75, 3.05) is 6.61 Å². The Hall–Kier alpha value is -1.39. The van der Waals surface area contributed by atoms with Crippen molar-refractivity contribution in [3.63, 3.8) is 0 Å². The van der Waals surface area contributed by atoms with Crippen LogP contribution in [0, 0.1) is 0 Å². The summed E-state index contributed by atoms with van der Waals surface area (Å²) in [6, 6.07) is -1.03. The van der Waals surface area contributed by atoms with E-state index in [0.29, 0.717) is 0 Å². The Labute approximate surface area is 172 Å². The fourth-order valence-electron chi connectivity index (χ4n) is 2.74. The van der Waals surface area contributed by atoms with Gasteiger partial charge in [-0.2, -0.15) is 18.6 Å². The second-order valence-electron chi connectivity index (χ2n) is 6.17. The van der Waals surface area contributed by atoms with Crippen molar-refractivity contribution in [1.82, 2.24) is 4.90 Å². The van der Waals surface area contributed by atoms with Crippen LogP contribution in [0.15, 0.2) is 15.0 Å². The fraction of sp³-hybridized carbons (Fsp3) is 0.600. The van der Waals surface area contributed by atoms with Crippen LogP contribution in [0.5, 0.6) is 0 Å². The monoisotopic (exact) mass is 507 g/mol. The zero-order valence-corrected chi connectivity index (χ0v) is 17.7. The Bertz CT molecular complexity index is 992. The molecule has 21 heteroatoms. The molecule has 174 valence electrons. The maximum Gasteiger partial charge on any atom is 0.490 e. The number of nitrogens with zero attached hydrogens (tertiary/aromatic N) is 4. The molecule has 0 aromatic heterocycles. The third-order valence-corrected chi connectivity index (χ3v) is 7.67. The minimum Gasteiger partial charge on any atom is -0.390 e. The van der Waals surface area contributed by atoms with Gasteiger partial charge in [0.25, 0.3) is 5.91 Å². The molecule has 3 aliphatic heterocycles. The molecular formula is C10H16N5O13P3. The van der Waals surface area contributed by atoms with Crippen LogP contribution in [0.3, 0.4) is 0 Å². The van der Waals surface area contributed by atoms with Crippen molar-refractivity contribution < 1.29 is 61.1 Å². The first-order chi connectivity index (χ1) is 14.2. The van der Waals surface area contributed by atoms with Crippen molar-refractivity contribution in [2.45, 2.75) is 30.9 Å². The topological polar surface area (TPSA) is 273 Å². The highest BCUT2D eigenvalue weighted by Crippen LogP contribution is 2.66. The van der Waals surface area contributed by atoms with E-state index < -0.39 is 60.5 Å². The molecule has 6 unspecified atom stereocenters. The van der Waals surface area contributed by atoms with Crippen LogP contribution < -0.4 is 5.73 Å². The molecule has 7 N–H and O–H groups in total. The van der Waals surface area contributed by atoms with Gasteiger partial charge in [-0.05, 0) is 0 Å². The van der Waals surface area contributed by atoms with Gasteiger partial charge in [0.15, 0.2) is 11.9 Å². The quantitative estimate of drug-likeness (QED) is 0.190. The number of aliphatic hydroxyl groups is 1. The summed E-state index contributed by atoms with van der Waals surface area (Å²) < 4.78 is 50.8. The number of carbonyl (C=O) groups excluding carboxylic acids is 1. The number of ether oxygens (including phenoxy) is 1. The molecule has 3 rings (SSSR count). The van der Waals surface area contributed by atoms with Gasteiger partial charge in [-0.25, -0.2) is 13.7 Å². The molecule has 1 saturated heterocycles. The number of hydrogen-bond donors (Lipinski definition) is 6. The van der Waals surface area contributed by atoms with Crippen LogP contribution in [0.25, 0.3) is 0 Å². The molecule has 0 spiro atoms. The lowest BCUT2D eigenvalue weighted by Gasteiger charge is -2.25. The largest absolute Gasteiger partial charge is 0.490 e. The summed E-state index contributed by atoms with van der Waals surface area (Å²) in [6.45, 7) is -0.842. The lowest BCUT2D eigenvalue weighted by Crippen LogP contribution is -2.44. The van der Waals surface area contributed by atoms with Crippen molar-refractivity contribution in [3.8, 4) is 0 Å². The number of hydrogen-bond acceptors (Lipinski definition) is 13. The molecule has 3 aliphatic rings. The molecule has 0 aromatic carbocycles. The summed E-state index contributed by atoms with van der Waals surface area (Å²) in [5.41, 5.74) is 5.45. The zero-order valence-electron chi connectivity index (χ0n) is 15.0. The first-order valence-corrected chi connectivity index (χ1v) is 12.6. The van der Waals surface area contributed by atoms with Gasteiger partial charge in [0.2, 0.25) is 5.96 Å². The van der Waals surface area contributed by atoms with Gasteiger partial charge in [-0.1, -0.05) is 0 Å². The van der Waals surface area contributed by atoms with Crippen LogP contribution >= 0.6 is 23.5 Å². The number of nitrogens with two attached hydrogens (primary N) is 1. The predicted octanol–water partition coefficient (Wildman–Crippen LogP) is -2.23. The van der Waals surface area contributed by atoms with Gasteiger partial charge in [0.05, 0.1) is 19.0 Å². The van der Waals surface area contributed by atoms with E-state index in [0.717, 1.165) is 0 Å². The Balaban J connectivity index is 1.60. The Kier molecular flexibility index (Phi) is 6.66. The number of phosphoric ester groups is 1. The van der Waals surface area contributed by atoms with Crippen LogP contribution in [0.4, 0.5) is 0 Å². The first-order valence-electron chi connectivity index (χ1n) is 8.06. The second-order valence-corrected chi connectivity index (χ2v) is 10.6. The van der Waals surface area contributed by atoms with E-state index in [1.807, 2.05) is 0 Å². The number of fused-ring (bicyclic) bond motifs is 1. The average molecular weight is 507 g/mol. The second kappa shape index (κ2) is 8.51. The average Bonchev–Trinajstić information content (AvgIpc) is 3.13. The standard InChI is InChI=1S/C10H16N5O13P3/c11-10-13-8-7(9(17)14-10)12-3-15(8)6-1-4(16)5(26-6)2-25-30(21,22)28-31(23,24)27-29(18,19)20/h3-7,16H,1-2H2,(H,21,22)(H,23,24)(H2,11,14,17)(H2,18,19,20). The van der Waals surface area contributed by atoms with E-state index in [1.54, 1.807) is 0 Å². The number of amides is 1. The summed E-state index contributed by atoms with van der Waals surface area (Å²) in [7, 11) is -16.6. The van der Waals surface area contributed by atoms with Gasteiger partial charge >= 0.3 is 23.5 Å². The number of phosphoric acid groups is 3. The van der Waals surface area contributed by atoms with E-state index in [4.69, 9.17) is 25.2 Å². The highest BCUT2D eigenvalue weighted by atomic mass is 31.3. The van der Waals surface area contributed by atoms with Crippen LogP contribution in [-0.2, 0) is 36.4 Å². The Morgan fingerprint density at radius 2 is 1.84 bits per heavy atom. The molecule has 31 heavy (non-hydrogen) atoms. The number of aliphatic hydroxyl groups excluding tert-OH is 1. The maximum atomic E-state index is 11.8. The third kappa shape index (κ3) is 6.10. The third-order valence-electron chi connectivity index (χ3n) is 3.87. The molecule has 18 nitrogen and oxygen atoms in total. The summed E-state index contributed by atoms with van der Waals surface area (Å²) in [4.78, 5) is 60.0. The van der Waals surface area contributed by atoms with E-state index >= 15 is 0 Å². The summed E-state index contributed by atoms with van der Waals surface area (Å²) >= 11 is 0. The van der Waals surface area contributed by atoms with Gasteiger partial charge in [0.1, 0.15) is 12.3 Å². The first kappa shape index (κ1) is 24.3. The molecule has 0 aliphatic carbocycles. The smallest absolute Gasteiger partial charge is 0.390 e. The van der Waals surface area contributed by atoms with Crippen LogP contribution in [0.1, 0.15) is 6.42 Å². The van der Waals surface area contributed by atoms with Crippen LogP contribution in [0.2, 0.25) is 0 Å². The molecular weight excluding hydrogens is 491 g/mol. The highest BCUT2D eigenvalue weighted by Gasteiger charge is 2.46. The normalized spacial score (nSPS) is 32.3. The minimum absolute atomic E-state index is 0.0899. The Morgan fingerprint density at radius 3 is 2.48 bits per heavy atom. The number of rotatable bonds is 8. The maximum absolute atomic E-state index is 11.8. The van der Waals surface area contributed by atoms with Crippen molar-refractivity contribution in [2.24, 2.45) is 20.7 Å². The van der Waals surface area contributed by atoms with Gasteiger partial charge < -0.3 is 35.2 Å². The summed E-state index contributed by atoms with van der Waals surface area (Å²) in [5.74, 6) is -0.846. The number of guanidine groups is 1. The van der Waals surface area contributed by atoms with Crippen LogP contribution in [-0.4, -0.2) is 84.7 Å². The van der Waals surface area contributed by atoms with Gasteiger partial charge in [-0.15, -0.1) is 0 Å². The van der Waals surface area contributed by atoms with Crippen molar-refractivity contribution in [3.05, 3.63) is 0 Å². The van der Waals surface area contributed by atoms with Gasteiger partial charge in [-0.3, -0.25) is 19.2 Å². The predicted molar refractivity (Wildman–Crippen MR) is 97.3 cm³/mol. The Morgan fingerprint density at radius 1 is 1.16 bits per heavy atom. The van der Waals surface area contributed by atoms with Crippen molar-refractivity contribution in [1.29, 1.82) is 0 Å².